The lowest BCUT2D eigenvalue weighted by Gasteiger charge is -2.12. The van der Waals surface area contributed by atoms with Gasteiger partial charge in [-0.1, -0.05) is 18.7 Å². The van der Waals surface area contributed by atoms with Crippen molar-refractivity contribution in [2.24, 2.45) is 0 Å². The van der Waals surface area contributed by atoms with Crippen LogP contribution in [0.15, 0.2) is 29.6 Å². The first-order valence-electron chi connectivity index (χ1n) is 10.1. The third-order valence-corrected chi connectivity index (χ3v) is 5.13. The van der Waals surface area contributed by atoms with Crippen molar-refractivity contribution in [1.29, 1.82) is 0 Å². The number of carbonyl (C=O) groups excluding carboxylic acids is 1. The van der Waals surface area contributed by atoms with Crippen LogP contribution in [0.1, 0.15) is 31.1 Å². The van der Waals surface area contributed by atoms with Crippen LogP contribution in [-0.4, -0.2) is 58.2 Å². The summed E-state index contributed by atoms with van der Waals surface area (Å²) in [6, 6.07) is 5.31. The maximum atomic E-state index is 12.6. The fourth-order valence-electron chi connectivity index (χ4n) is 2.99. The number of amides is 1. The minimum atomic E-state index is -0.215. The molecule has 2 heterocycles. The molecule has 0 atom stereocenters. The number of nitrogens with zero attached hydrogens (tertiary/aromatic N) is 4. The Kier molecular flexibility index (Phi) is 7.56. The average Bonchev–Trinajstić information content (AvgIpc) is 3.16. The van der Waals surface area contributed by atoms with Crippen LogP contribution in [0.25, 0.3) is 11.0 Å². The predicted molar refractivity (Wildman–Crippen MR) is 122 cm³/mol. The van der Waals surface area contributed by atoms with E-state index in [2.05, 4.69) is 46.5 Å². The van der Waals surface area contributed by atoms with Gasteiger partial charge in [0.1, 0.15) is 17.3 Å². The molecule has 0 saturated carbocycles. The molecule has 2 aromatic heterocycles. The number of thioether (sulfide) groups is 1. The van der Waals surface area contributed by atoms with Gasteiger partial charge in [-0.2, -0.15) is 5.10 Å². The number of methoxy groups -OCH3 is 2. The fraction of sp³-hybridized carbons (Fsp3) is 0.429. The lowest BCUT2D eigenvalue weighted by molar-refractivity contribution is 0.0951. The van der Waals surface area contributed by atoms with E-state index in [0.29, 0.717) is 35.3 Å². The van der Waals surface area contributed by atoms with Gasteiger partial charge >= 0.3 is 0 Å². The molecule has 1 amide bonds. The number of rotatable bonds is 10. The molecular formula is C21H28N6O3S. The van der Waals surface area contributed by atoms with Gasteiger partial charge in [-0.05, 0) is 31.7 Å². The lowest BCUT2D eigenvalue weighted by Crippen LogP contribution is -2.27. The lowest BCUT2D eigenvalue weighted by atomic mass is 10.2. The summed E-state index contributed by atoms with van der Waals surface area (Å²) in [6.45, 7) is 7.06. The standard InChI is InChI=1S/C21H28N6O3S/c1-6-31-21-25-18(24-13(2)3)17-12-23-27(19(17)26-21)8-7-22-20(28)14-9-15(29-4)11-16(10-14)30-5/h9-13H,6-8H2,1-5H3,(H,22,28)(H,24,25,26). The van der Waals surface area contributed by atoms with Crippen LogP contribution in [0.3, 0.4) is 0 Å². The van der Waals surface area contributed by atoms with E-state index in [1.165, 1.54) is 0 Å². The van der Waals surface area contributed by atoms with Gasteiger partial charge in [0.05, 0.1) is 32.3 Å². The Morgan fingerprint density at radius 3 is 2.48 bits per heavy atom. The molecule has 166 valence electrons. The highest BCUT2D eigenvalue weighted by Gasteiger charge is 2.15. The number of hydrogen-bond donors (Lipinski definition) is 2. The maximum Gasteiger partial charge on any atom is 0.251 e. The quantitative estimate of drug-likeness (QED) is 0.363. The second kappa shape index (κ2) is 10.3. The highest BCUT2D eigenvalue weighted by molar-refractivity contribution is 7.99. The average molecular weight is 445 g/mol. The Morgan fingerprint density at radius 1 is 1.16 bits per heavy atom. The molecular weight excluding hydrogens is 416 g/mol. The van der Waals surface area contributed by atoms with E-state index in [0.717, 1.165) is 22.6 Å². The molecule has 3 rings (SSSR count). The summed E-state index contributed by atoms with van der Waals surface area (Å²) < 4.78 is 12.3. The molecule has 0 aliphatic rings. The van der Waals surface area contributed by atoms with Gasteiger partial charge < -0.3 is 20.1 Å². The summed E-state index contributed by atoms with van der Waals surface area (Å²) in [5.41, 5.74) is 1.21. The molecule has 0 fully saturated rings. The largest absolute Gasteiger partial charge is 0.497 e. The first-order valence-corrected chi connectivity index (χ1v) is 11.1. The third kappa shape index (κ3) is 5.57. The van der Waals surface area contributed by atoms with Crippen LogP contribution < -0.4 is 20.1 Å². The van der Waals surface area contributed by atoms with Crippen molar-refractivity contribution in [3.63, 3.8) is 0 Å². The minimum Gasteiger partial charge on any atom is -0.497 e. The molecule has 10 heteroatoms. The highest BCUT2D eigenvalue weighted by Crippen LogP contribution is 2.25. The van der Waals surface area contributed by atoms with E-state index in [4.69, 9.17) is 9.47 Å². The zero-order chi connectivity index (χ0) is 22.4. The van der Waals surface area contributed by atoms with Crippen molar-refractivity contribution in [2.75, 3.05) is 31.8 Å². The Labute approximate surface area is 185 Å². The first-order chi connectivity index (χ1) is 14.9. The molecule has 1 aromatic carbocycles. The Morgan fingerprint density at radius 2 is 1.87 bits per heavy atom. The van der Waals surface area contributed by atoms with E-state index >= 15 is 0 Å². The normalized spacial score (nSPS) is 11.0. The highest BCUT2D eigenvalue weighted by atomic mass is 32.2. The number of ether oxygens (including phenoxy) is 2. The number of nitrogens with one attached hydrogen (secondary N) is 2. The zero-order valence-electron chi connectivity index (χ0n) is 18.4. The minimum absolute atomic E-state index is 0.215. The molecule has 0 aliphatic carbocycles. The Bertz CT molecular complexity index is 1030. The van der Waals surface area contributed by atoms with E-state index < -0.39 is 0 Å². The van der Waals surface area contributed by atoms with Crippen LogP contribution in [-0.2, 0) is 6.54 Å². The summed E-state index contributed by atoms with van der Waals surface area (Å²) in [4.78, 5) is 21.9. The summed E-state index contributed by atoms with van der Waals surface area (Å²) >= 11 is 1.58. The number of benzene rings is 1. The molecule has 9 nitrogen and oxygen atoms in total. The molecule has 0 radical (unpaired) electrons. The predicted octanol–water partition coefficient (Wildman–Crippen LogP) is 3.21. The molecule has 31 heavy (non-hydrogen) atoms. The summed E-state index contributed by atoms with van der Waals surface area (Å²) in [5.74, 6) is 2.55. The van der Waals surface area contributed by atoms with Crippen molar-refractivity contribution in [2.45, 2.75) is 38.5 Å². The van der Waals surface area contributed by atoms with E-state index in [-0.39, 0.29) is 11.9 Å². The van der Waals surface area contributed by atoms with Crippen molar-refractivity contribution < 1.29 is 14.3 Å². The van der Waals surface area contributed by atoms with E-state index in [1.807, 2.05) is 0 Å². The number of aromatic nitrogens is 4. The second-order valence-electron chi connectivity index (χ2n) is 7.05. The molecule has 0 spiro atoms. The van der Waals surface area contributed by atoms with Gasteiger partial charge in [0.15, 0.2) is 10.8 Å². The SMILES string of the molecule is CCSc1nc(NC(C)C)c2cnn(CCNC(=O)c3cc(OC)cc(OC)c3)c2n1. The maximum absolute atomic E-state index is 12.6. The van der Waals surface area contributed by atoms with Gasteiger partial charge in [-0.25, -0.2) is 14.6 Å². The molecule has 2 N–H and O–H groups in total. The van der Waals surface area contributed by atoms with Gasteiger partial charge in [0.25, 0.3) is 5.91 Å². The topological polar surface area (TPSA) is 103 Å². The van der Waals surface area contributed by atoms with E-state index in [1.54, 1.807) is 55.1 Å². The van der Waals surface area contributed by atoms with Gasteiger partial charge in [0, 0.05) is 24.2 Å². The van der Waals surface area contributed by atoms with Crippen molar-refractivity contribution in [3.8, 4) is 11.5 Å². The zero-order valence-corrected chi connectivity index (χ0v) is 19.2. The molecule has 0 bridgehead atoms. The van der Waals surface area contributed by atoms with Crippen LogP contribution in [0.4, 0.5) is 5.82 Å². The molecule has 3 aromatic rings. The number of fused-ring (bicyclic) bond motifs is 1. The van der Waals surface area contributed by atoms with Crippen LogP contribution in [0.5, 0.6) is 11.5 Å². The van der Waals surface area contributed by atoms with Gasteiger partial charge in [-0.3, -0.25) is 4.79 Å². The molecule has 0 aliphatic heterocycles. The van der Waals surface area contributed by atoms with Gasteiger partial charge in [-0.15, -0.1) is 0 Å². The smallest absolute Gasteiger partial charge is 0.251 e. The van der Waals surface area contributed by atoms with E-state index in [9.17, 15) is 4.79 Å². The van der Waals surface area contributed by atoms with Gasteiger partial charge in [0.2, 0.25) is 0 Å². The summed E-state index contributed by atoms with van der Waals surface area (Å²) in [7, 11) is 3.10. The van der Waals surface area contributed by atoms with Crippen molar-refractivity contribution in [3.05, 3.63) is 30.0 Å². The molecule has 0 unspecified atom stereocenters. The number of carbonyl (C=O) groups is 1. The number of hydrogen-bond acceptors (Lipinski definition) is 8. The fourth-order valence-corrected chi connectivity index (χ4v) is 3.56. The Hall–Kier alpha value is -3.01. The Balaban J connectivity index is 1.75. The van der Waals surface area contributed by atoms with Crippen LogP contribution in [0, 0.1) is 0 Å². The summed E-state index contributed by atoms with van der Waals surface area (Å²) in [6.07, 6.45) is 1.76. The molecule has 0 saturated heterocycles. The van der Waals surface area contributed by atoms with Crippen molar-refractivity contribution in [1.82, 2.24) is 25.1 Å². The number of anilines is 1. The second-order valence-corrected chi connectivity index (χ2v) is 8.28. The summed E-state index contributed by atoms with van der Waals surface area (Å²) in [5, 5.41) is 12.3. The first kappa shape index (κ1) is 22.7. The van der Waals surface area contributed by atoms with Crippen LogP contribution in [0.2, 0.25) is 0 Å². The monoisotopic (exact) mass is 444 g/mol. The third-order valence-electron chi connectivity index (χ3n) is 4.40. The van der Waals surface area contributed by atoms with Crippen LogP contribution >= 0.6 is 11.8 Å². The van der Waals surface area contributed by atoms with Crippen molar-refractivity contribution >= 4 is 34.5 Å².